The smallest absolute Gasteiger partial charge is 0.264 e. The van der Waals surface area contributed by atoms with Crippen molar-refractivity contribution >= 4 is 31.6 Å². The lowest BCUT2D eigenvalue weighted by molar-refractivity contribution is 0.600. The van der Waals surface area contributed by atoms with Gasteiger partial charge in [-0.1, -0.05) is 15.9 Å². The second-order valence-electron chi connectivity index (χ2n) is 4.03. The van der Waals surface area contributed by atoms with Gasteiger partial charge >= 0.3 is 0 Å². The highest BCUT2D eigenvalue weighted by molar-refractivity contribution is 9.10. The van der Waals surface area contributed by atoms with Gasteiger partial charge in [0.05, 0.1) is 5.69 Å². The third kappa shape index (κ3) is 2.98. The summed E-state index contributed by atoms with van der Waals surface area (Å²) in [5, 5.41) is 8.93. The van der Waals surface area contributed by atoms with E-state index in [9.17, 15) is 8.42 Å². The van der Waals surface area contributed by atoms with Crippen LogP contribution in [0.2, 0.25) is 0 Å². The zero-order chi connectivity index (χ0) is 14.8. The predicted molar refractivity (Wildman–Crippen MR) is 78.6 cm³/mol. The van der Waals surface area contributed by atoms with Crippen LogP contribution < -0.4 is 4.72 Å². The summed E-state index contributed by atoms with van der Waals surface area (Å²) in [6, 6.07) is 9.78. The van der Waals surface area contributed by atoms with Gasteiger partial charge in [0.25, 0.3) is 10.0 Å². The molecule has 0 aliphatic rings. The topological polar surface area (TPSA) is 82.8 Å². The highest BCUT2D eigenvalue weighted by atomic mass is 79.9. The maximum Gasteiger partial charge on any atom is 0.264 e. The lowest BCUT2D eigenvalue weighted by Gasteiger charge is -2.11. The van der Waals surface area contributed by atoms with E-state index in [2.05, 4.69) is 25.6 Å². The molecule has 102 valence electrons. The lowest BCUT2D eigenvalue weighted by atomic mass is 10.2. The number of nitrogens with one attached hydrogen (secondary N) is 1. The first-order chi connectivity index (χ1) is 9.44. The van der Waals surface area contributed by atoms with E-state index in [0.717, 1.165) is 10.0 Å². The monoisotopic (exact) mass is 351 g/mol. The van der Waals surface area contributed by atoms with Crippen molar-refractivity contribution in [3.8, 4) is 6.07 Å². The van der Waals surface area contributed by atoms with E-state index in [0.29, 0.717) is 5.69 Å². The van der Waals surface area contributed by atoms with Crippen molar-refractivity contribution in [3.63, 3.8) is 0 Å². The lowest BCUT2D eigenvalue weighted by Crippen LogP contribution is -2.15. The van der Waals surface area contributed by atoms with Crippen LogP contribution in [0.1, 0.15) is 11.3 Å². The molecule has 0 aliphatic carbocycles. The van der Waals surface area contributed by atoms with Gasteiger partial charge in [-0.25, -0.2) is 13.4 Å². The second-order valence-corrected chi connectivity index (χ2v) is 6.59. The molecule has 20 heavy (non-hydrogen) atoms. The quantitative estimate of drug-likeness (QED) is 0.921. The first kappa shape index (κ1) is 14.5. The molecule has 1 aromatic heterocycles. The van der Waals surface area contributed by atoms with Crippen molar-refractivity contribution in [2.75, 3.05) is 4.72 Å². The molecule has 2 rings (SSSR count). The third-order valence-corrected chi connectivity index (χ3v) is 4.49. The van der Waals surface area contributed by atoms with Crippen LogP contribution in [-0.2, 0) is 10.0 Å². The summed E-state index contributed by atoms with van der Waals surface area (Å²) < 4.78 is 27.9. The highest BCUT2D eigenvalue weighted by Crippen LogP contribution is 2.23. The van der Waals surface area contributed by atoms with Crippen LogP contribution >= 0.6 is 15.9 Å². The molecule has 5 nitrogen and oxygen atoms in total. The summed E-state index contributed by atoms with van der Waals surface area (Å²) >= 11 is 3.31. The molecule has 0 saturated carbocycles. The van der Waals surface area contributed by atoms with Crippen molar-refractivity contribution in [2.45, 2.75) is 11.8 Å². The molecular formula is C13H10BrN3O2S. The van der Waals surface area contributed by atoms with Gasteiger partial charge in [-0.15, -0.1) is 0 Å². The van der Waals surface area contributed by atoms with Crippen LogP contribution in [0.4, 0.5) is 5.69 Å². The molecule has 1 aromatic carbocycles. The van der Waals surface area contributed by atoms with E-state index < -0.39 is 10.0 Å². The first-order valence-electron chi connectivity index (χ1n) is 5.58. The van der Waals surface area contributed by atoms with E-state index in [1.807, 2.05) is 0 Å². The molecule has 0 fully saturated rings. The summed E-state index contributed by atoms with van der Waals surface area (Å²) in [7, 11) is -3.84. The second kappa shape index (κ2) is 5.61. The van der Waals surface area contributed by atoms with Crippen molar-refractivity contribution in [1.29, 1.82) is 5.26 Å². The summed E-state index contributed by atoms with van der Waals surface area (Å²) in [4.78, 5) is 3.62. The molecule has 0 amide bonds. The van der Waals surface area contributed by atoms with E-state index in [-0.39, 0.29) is 10.6 Å². The summed E-state index contributed by atoms with van der Waals surface area (Å²) in [5.74, 6) is 0. The Kier molecular flexibility index (Phi) is 4.06. The fraction of sp³-hybridized carbons (Fsp3) is 0.0769. The summed E-state index contributed by atoms with van der Waals surface area (Å²) in [6.45, 7) is 1.79. The number of anilines is 1. The fourth-order valence-electron chi connectivity index (χ4n) is 1.63. The number of pyridine rings is 1. The zero-order valence-corrected chi connectivity index (χ0v) is 12.9. The molecule has 1 N–H and O–H groups in total. The van der Waals surface area contributed by atoms with Crippen molar-refractivity contribution in [2.24, 2.45) is 0 Å². The van der Waals surface area contributed by atoms with Gasteiger partial charge in [-0.05, 0) is 42.8 Å². The van der Waals surface area contributed by atoms with Gasteiger partial charge in [0.1, 0.15) is 11.0 Å². The van der Waals surface area contributed by atoms with Gasteiger partial charge in [0.15, 0.2) is 5.69 Å². The molecule has 0 aliphatic heterocycles. The number of nitriles is 1. The Labute approximate surface area is 125 Å². The summed E-state index contributed by atoms with van der Waals surface area (Å²) in [5.41, 5.74) is 1.10. The standard InChI is InChI=1S/C13H10BrN3O2S/c1-9-7-10(14)4-5-11(9)17-20(18,19)13-3-2-6-16-12(13)8-15/h2-7,17H,1H3. The predicted octanol–water partition coefficient (Wildman–Crippen LogP) is 2.83. The molecule has 0 saturated heterocycles. The Balaban J connectivity index is 2.44. The van der Waals surface area contributed by atoms with E-state index in [4.69, 9.17) is 5.26 Å². The van der Waals surface area contributed by atoms with Crippen LogP contribution in [0.5, 0.6) is 0 Å². The van der Waals surface area contributed by atoms with Gasteiger partial charge in [0.2, 0.25) is 0 Å². The number of aromatic nitrogens is 1. The largest absolute Gasteiger partial charge is 0.279 e. The minimum atomic E-state index is -3.84. The van der Waals surface area contributed by atoms with E-state index in [1.165, 1.54) is 18.3 Å². The minimum absolute atomic E-state index is 0.130. The maximum absolute atomic E-state index is 12.3. The Morgan fingerprint density at radius 1 is 1.35 bits per heavy atom. The molecule has 0 atom stereocenters. The minimum Gasteiger partial charge on any atom is -0.279 e. The number of nitrogens with zero attached hydrogens (tertiary/aromatic N) is 2. The van der Waals surface area contributed by atoms with E-state index in [1.54, 1.807) is 31.2 Å². The normalized spacial score (nSPS) is 10.8. The molecule has 0 bridgehead atoms. The van der Waals surface area contributed by atoms with Crippen LogP contribution in [0.15, 0.2) is 45.9 Å². The van der Waals surface area contributed by atoms with Crippen LogP contribution in [-0.4, -0.2) is 13.4 Å². The number of benzene rings is 1. The van der Waals surface area contributed by atoms with E-state index >= 15 is 0 Å². The van der Waals surface area contributed by atoms with Gasteiger partial charge in [0, 0.05) is 10.7 Å². The van der Waals surface area contributed by atoms with Gasteiger partial charge in [-0.3, -0.25) is 4.72 Å². The third-order valence-electron chi connectivity index (χ3n) is 2.60. The van der Waals surface area contributed by atoms with Crippen LogP contribution in [0.25, 0.3) is 0 Å². The number of halogens is 1. The molecular weight excluding hydrogens is 342 g/mol. The molecule has 0 spiro atoms. The van der Waals surface area contributed by atoms with Crippen molar-refractivity contribution in [3.05, 3.63) is 52.3 Å². The number of rotatable bonds is 3. The highest BCUT2D eigenvalue weighted by Gasteiger charge is 2.20. The zero-order valence-electron chi connectivity index (χ0n) is 10.5. The fourth-order valence-corrected chi connectivity index (χ4v) is 3.35. The molecule has 1 heterocycles. The molecule has 2 aromatic rings. The van der Waals surface area contributed by atoms with Crippen LogP contribution in [0.3, 0.4) is 0 Å². The average Bonchev–Trinajstić information content (AvgIpc) is 2.42. The number of sulfonamides is 1. The van der Waals surface area contributed by atoms with Crippen molar-refractivity contribution in [1.82, 2.24) is 4.98 Å². The first-order valence-corrected chi connectivity index (χ1v) is 7.86. The molecule has 7 heteroatoms. The SMILES string of the molecule is Cc1cc(Br)ccc1NS(=O)(=O)c1cccnc1C#N. The maximum atomic E-state index is 12.3. The Hall–Kier alpha value is -1.91. The summed E-state index contributed by atoms with van der Waals surface area (Å²) in [6.07, 6.45) is 1.38. The Morgan fingerprint density at radius 2 is 2.10 bits per heavy atom. The van der Waals surface area contributed by atoms with Crippen molar-refractivity contribution < 1.29 is 8.42 Å². The van der Waals surface area contributed by atoms with Gasteiger partial charge in [-0.2, -0.15) is 5.26 Å². The molecule has 0 unspecified atom stereocenters. The van der Waals surface area contributed by atoms with Gasteiger partial charge < -0.3 is 0 Å². The Morgan fingerprint density at radius 3 is 2.75 bits per heavy atom. The van der Waals surface area contributed by atoms with Crippen LogP contribution in [0, 0.1) is 18.3 Å². The number of aryl methyl sites for hydroxylation is 1. The number of hydrogen-bond donors (Lipinski definition) is 1. The number of hydrogen-bond acceptors (Lipinski definition) is 4. The average molecular weight is 352 g/mol. The Bertz CT molecular complexity index is 798. The molecule has 0 radical (unpaired) electrons.